The molecule has 0 unspecified atom stereocenters. The average molecular weight is 249 g/mol. The van der Waals surface area contributed by atoms with Crippen LogP contribution in [-0.2, 0) is 4.74 Å². The SMILES string of the molecule is CCCNc1cncc(NCC2CCOCC2)c1. The molecule has 0 aromatic carbocycles. The summed E-state index contributed by atoms with van der Waals surface area (Å²) in [5.74, 6) is 0.728. The molecule has 0 radical (unpaired) electrons. The molecule has 4 nitrogen and oxygen atoms in total. The van der Waals surface area contributed by atoms with Crippen LogP contribution in [0.5, 0.6) is 0 Å². The fraction of sp³-hybridized carbons (Fsp3) is 0.643. The Labute approximate surface area is 109 Å². The zero-order valence-electron chi connectivity index (χ0n) is 11.1. The second kappa shape index (κ2) is 7.21. The van der Waals surface area contributed by atoms with Crippen LogP contribution in [0.2, 0.25) is 0 Å². The van der Waals surface area contributed by atoms with Crippen molar-refractivity contribution in [3.8, 4) is 0 Å². The minimum atomic E-state index is 0.728. The van der Waals surface area contributed by atoms with Crippen LogP contribution in [0, 0.1) is 5.92 Å². The largest absolute Gasteiger partial charge is 0.384 e. The van der Waals surface area contributed by atoms with E-state index in [1.54, 1.807) is 0 Å². The van der Waals surface area contributed by atoms with Crippen molar-refractivity contribution in [1.82, 2.24) is 4.98 Å². The maximum absolute atomic E-state index is 5.37. The fourth-order valence-corrected chi connectivity index (χ4v) is 2.12. The van der Waals surface area contributed by atoms with Gasteiger partial charge in [-0.15, -0.1) is 0 Å². The summed E-state index contributed by atoms with van der Waals surface area (Å²) in [6.45, 7) is 5.98. The Morgan fingerprint density at radius 1 is 1.22 bits per heavy atom. The van der Waals surface area contributed by atoms with Gasteiger partial charge in [0, 0.05) is 26.3 Å². The van der Waals surface area contributed by atoms with E-state index in [4.69, 9.17) is 4.74 Å². The number of hydrogen-bond donors (Lipinski definition) is 2. The summed E-state index contributed by atoms with van der Waals surface area (Å²) in [4.78, 5) is 4.25. The quantitative estimate of drug-likeness (QED) is 0.814. The molecule has 4 heteroatoms. The lowest BCUT2D eigenvalue weighted by Crippen LogP contribution is -2.22. The van der Waals surface area contributed by atoms with Crippen molar-refractivity contribution in [2.45, 2.75) is 26.2 Å². The maximum atomic E-state index is 5.37. The minimum absolute atomic E-state index is 0.728. The monoisotopic (exact) mass is 249 g/mol. The van der Waals surface area contributed by atoms with Gasteiger partial charge in [0.15, 0.2) is 0 Å². The second-order valence-electron chi connectivity index (χ2n) is 4.83. The Hall–Kier alpha value is -1.29. The minimum Gasteiger partial charge on any atom is -0.384 e. The number of nitrogens with zero attached hydrogens (tertiary/aromatic N) is 1. The molecular formula is C14H23N3O. The topological polar surface area (TPSA) is 46.2 Å². The molecule has 1 aromatic rings. The second-order valence-corrected chi connectivity index (χ2v) is 4.83. The molecule has 1 aromatic heterocycles. The molecule has 0 saturated carbocycles. The number of hydrogen-bond acceptors (Lipinski definition) is 4. The molecule has 0 atom stereocenters. The molecule has 2 heterocycles. The third-order valence-electron chi connectivity index (χ3n) is 3.25. The Balaban J connectivity index is 1.80. The van der Waals surface area contributed by atoms with E-state index in [0.717, 1.165) is 62.9 Å². The van der Waals surface area contributed by atoms with Crippen LogP contribution >= 0.6 is 0 Å². The summed E-state index contributed by atoms with van der Waals surface area (Å²) in [6, 6.07) is 2.13. The fourth-order valence-electron chi connectivity index (χ4n) is 2.12. The summed E-state index contributed by atoms with van der Waals surface area (Å²) < 4.78 is 5.37. The van der Waals surface area contributed by atoms with Gasteiger partial charge in [-0.25, -0.2) is 0 Å². The molecule has 0 spiro atoms. The smallest absolute Gasteiger partial charge is 0.0547 e. The molecule has 2 rings (SSSR count). The first kappa shape index (κ1) is 13.1. The number of pyridine rings is 1. The van der Waals surface area contributed by atoms with E-state index >= 15 is 0 Å². The van der Waals surface area contributed by atoms with Crippen LogP contribution in [0.3, 0.4) is 0 Å². The number of nitrogens with one attached hydrogen (secondary N) is 2. The summed E-state index contributed by atoms with van der Waals surface area (Å²) in [6.07, 6.45) is 7.20. The van der Waals surface area contributed by atoms with E-state index in [2.05, 4.69) is 28.6 Å². The molecular weight excluding hydrogens is 226 g/mol. The third kappa shape index (κ3) is 4.18. The Bertz CT molecular complexity index is 351. The van der Waals surface area contributed by atoms with Crippen LogP contribution in [0.1, 0.15) is 26.2 Å². The zero-order valence-corrected chi connectivity index (χ0v) is 11.1. The summed E-state index contributed by atoms with van der Waals surface area (Å²) >= 11 is 0. The molecule has 1 aliphatic rings. The zero-order chi connectivity index (χ0) is 12.6. The lowest BCUT2D eigenvalue weighted by Gasteiger charge is -2.22. The van der Waals surface area contributed by atoms with Crippen LogP contribution < -0.4 is 10.6 Å². The average Bonchev–Trinajstić information content (AvgIpc) is 2.44. The number of rotatable bonds is 6. The Morgan fingerprint density at radius 2 is 1.94 bits per heavy atom. The molecule has 0 bridgehead atoms. The predicted molar refractivity (Wildman–Crippen MR) is 75.1 cm³/mol. The highest BCUT2D eigenvalue weighted by Gasteiger charge is 2.13. The molecule has 0 aliphatic carbocycles. The normalized spacial score (nSPS) is 16.5. The number of aromatic nitrogens is 1. The van der Waals surface area contributed by atoms with Crippen molar-refractivity contribution in [3.05, 3.63) is 18.5 Å². The standard InChI is InChI=1S/C14H23N3O/c1-2-5-16-13-8-14(11-15-10-13)17-9-12-3-6-18-7-4-12/h8,10-12,16-17H,2-7,9H2,1H3. The molecule has 1 fully saturated rings. The van der Waals surface area contributed by atoms with Crippen molar-refractivity contribution in [2.75, 3.05) is 36.9 Å². The molecule has 18 heavy (non-hydrogen) atoms. The van der Waals surface area contributed by atoms with E-state index in [-0.39, 0.29) is 0 Å². The summed E-state index contributed by atoms with van der Waals surface area (Å²) in [7, 11) is 0. The molecule has 100 valence electrons. The van der Waals surface area contributed by atoms with Gasteiger partial charge in [0.1, 0.15) is 0 Å². The van der Waals surface area contributed by atoms with Gasteiger partial charge in [0.25, 0.3) is 0 Å². The predicted octanol–water partition coefficient (Wildman–Crippen LogP) is 2.74. The third-order valence-corrected chi connectivity index (χ3v) is 3.25. The van der Waals surface area contributed by atoms with Crippen molar-refractivity contribution in [1.29, 1.82) is 0 Å². The van der Waals surface area contributed by atoms with Gasteiger partial charge < -0.3 is 15.4 Å². The highest BCUT2D eigenvalue weighted by Crippen LogP contribution is 2.17. The summed E-state index contributed by atoms with van der Waals surface area (Å²) in [5.41, 5.74) is 2.19. The van der Waals surface area contributed by atoms with Gasteiger partial charge in [-0.1, -0.05) is 6.92 Å². The van der Waals surface area contributed by atoms with Gasteiger partial charge in [-0.3, -0.25) is 4.98 Å². The van der Waals surface area contributed by atoms with E-state index in [1.807, 2.05) is 12.4 Å². The molecule has 1 saturated heterocycles. The van der Waals surface area contributed by atoms with Crippen molar-refractivity contribution < 1.29 is 4.74 Å². The first-order chi connectivity index (χ1) is 8.88. The Kier molecular flexibility index (Phi) is 5.27. The van der Waals surface area contributed by atoms with Crippen LogP contribution in [0.15, 0.2) is 18.5 Å². The van der Waals surface area contributed by atoms with Gasteiger partial charge in [0.05, 0.1) is 23.8 Å². The molecule has 2 N–H and O–H groups in total. The van der Waals surface area contributed by atoms with E-state index in [0.29, 0.717) is 0 Å². The van der Waals surface area contributed by atoms with Crippen molar-refractivity contribution in [2.24, 2.45) is 5.92 Å². The molecule has 0 amide bonds. The van der Waals surface area contributed by atoms with Gasteiger partial charge in [-0.05, 0) is 31.2 Å². The van der Waals surface area contributed by atoms with E-state index in [9.17, 15) is 0 Å². The first-order valence-electron chi connectivity index (χ1n) is 6.89. The number of ether oxygens (including phenoxy) is 1. The lowest BCUT2D eigenvalue weighted by atomic mass is 10.0. The Morgan fingerprint density at radius 3 is 2.67 bits per heavy atom. The van der Waals surface area contributed by atoms with Crippen molar-refractivity contribution >= 4 is 11.4 Å². The first-order valence-corrected chi connectivity index (χ1v) is 6.89. The van der Waals surface area contributed by atoms with Gasteiger partial charge in [-0.2, -0.15) is 0 Å². The lowest BCUT2D eigenvalue weighted by molar-refractivity contribution is 0.0699. The highest BCUT2D eigenvalue weighted by molar-refractivity contribution is 5.53. The van der Waals surface area contributed by atoms with E-state index in [1.165, 1.54) is 0 Å². The number of anilines is 2. The van der Waals surface area contributed by atoms with Crippen LogP contribution in [-0.4, -0.2) is 31.3 Å². The van der Waals surface area contributed by atoms with Gasteiger partial charge >= 0.3 is 0 Å². The van der Waals surface area contributed by atoms with Crippen LogP contribution in [0.4, 0.5) is 11.4 Å². The molecule has 1 aliphatic heterocycles. The van der Waals surface area contributed by atoms with Crippen LogP contribution in [0.25, 0.3) is 0 Å². The summed E-state index contributed by atoms with van der Waals surface area (Å²) in [5, 5.41) is 6.82. The van der Waals surface area contributed by atoms with Crippen molar-refractivity contribution in [3.63, 3.8) is 0 Å². The highest BCUT2D eigenvalue weighted by atomic mass is 16.5. The van der Waals surface area contributed by atoms with Gasteiger partial charge in [0.2, 0.25) is 0 Å². The van der Waals surface area contributed by atoms with E-state index < -0.39 is 0 Å². The maximum Gasteiger partial charge on any atom is 0.0547 e.